The molecule has 1 aliphatic rings. The predicted octanol–water partition coefficient (Wildman–Crippen LogP) is 5.04. The molecule has 6 heteroatoms. The molecule has 154 valence electrons. The van der Waals surface area contributed by atoms with Gasteiger partial charge in [0.2, 0.25) is 5.91 Å². The van der Waals surface area contributed by atoms with Gasteiger partial charge in [-0.1, -0.05) is 29.8 Å². The molecule has 30 heavy (non-hydrogen) atoms. The third-order valence-corrected chi connectivity index (χ3v) is 5.56. The molecule has 1 amide bonds. The highest BCUT2D eigenvalue weighted by Gasteiger charge is 2.36. The molecule has 1 heterocycles. The van der Waals surface area contributed by atoms with Gasteiger partial charge in [-0.05, 0) is 59.2 Å². The van der Waals surface area contributed by atoms with Crippen molar-refractivity contribution < 1.29 is 19.0 Å². The lowest BCUT2D eigenvalue weighted by Gasteiger charge is -2.38. The highest BCUT2D eigenvalue weighted by Crippen LogP contribution is 2.43. The number of hydrogen-bond acceptors (Lipinski definition) is 4. The van der Waals surface area contributed by atoms with Crippen molar-refractivity contribution in [1.29, 1.82) is 0 Å². The number of nitrogens with zero attached hydrogens (tertiary/aromatic N) is 1. The summed E-state index contributed by atoms with van der Waals surface area (Å²) in [5.41, 5.74) is 3.60. The Morgan fingerprint density at radius 1 is 0.900 bits per heavy atom. The van der Waals surface area contributed by atoms with Gasteiger partial charge in [0.25, 0.3) is 0 Å². The van der Waals surface area contributed by atoms with Gasteiger partial charge in [0, 0.05) is 10.7 Å². The largest absolute Gasteiger partial charge is 0.497 e. The lowest BCUT2D eigenvalue weighted by molar-refractivity contribution is -0.118. The van der Waals surface area contributed by atoms with Crippen LogP contribution in [0, 0.1) is 0 Å². The van der Waals surface area contributed by atoms with Gasteiger partial charge in [-0.3, -0.25) is 4.79 Å². The van der Waals surface area contributed by atoms with E-state index >= 15 is 0 Å². The highest BCUT2D eigenvalue weighted by molar-refractivity contribution is 6.31. The summed E-state index contributed by atoms with van der Waals surface area (Å²) in [5, 5.41) is 0.576. The first kappa shape index (κ1) is 20.1. The zero-order chi connectivity index (χ0) is 21.3. The Bertz CT molecular complexity index is 1080. The van der Waals surface area contributed by atoms with Crippen LogP contribution in [-0.4, -0.2) is 27.2 Å². The van der Waals surface area contributed by atoms with Gasteiger partial charge in [0.15, 0.2) is 11.5 Å². The average molecular weight is 424 g/mol. The van der Waals surface area contributed by atoms with Crippen LogP contribution in [0.1, 0.15) is 22.7 Å². The maximum atomic E-state index is 13.3. The Morgan fingerprint density at radius 2 is 1.60 bits per heavy atom. The molecule has 0 aromatic heterocycles. The summed E-state index contributed by atoms with van der Waals surface area (Å²) in [6.07, 6.45) is 0.259. The fourth-order valence-corrected chi connectivity index (χ4v) is 4.09. The number of carbonyl (C=O) groups excluding carboxylic acids is 1. The summed E-state index contributed by atoms with van der Waals surface area (Å²) >= 11 is 6.24. The summed E-state index contributed by atoms with van der Waals surface area (Å²) in [4.78, 5) is 15.1. The van der Waals surface area contributed by atoms with Crippen LogP contribution >= 0.6 is 11.6 Å². The van der Waals surface area contributed by atoms with Gasteiger partial charge in [0.05, 0.1) is 33.8 Å². The van der Waals surface area contributed by atoms with Crippen molar-refractivity contribution >= 4 is 23.2 Å². The molecule has 0 fully saturated rings. The molecule has 0 saturated carbocycles. The maximum absolute atomic E-state index is 13.3. The van der Waals surface area contributed by atoms with E-state index in [-0.39, 0.29) is 18.4 Å². The highest BCUT2D eigenvalue weighted by atomic mass is 35.5. The Labute approximate surface area is 180 Å². The number of benzene rings is 3. The predicted molar refractivity (Wildman–Crippen MR) is 117 cm³/mol. The zero-order valence-corrected chi connectivity index (χ0v) is 17.8. The van der Waals surface area contributed by atoms with Crippen molar-refractivity contribution in [3.8, 4) is 17.2 Å². The molecule has 3 aromatic carbocycles. The van der Waals surface area contributed by atoms with E-state index in [1.165, 1.54) is 0 Å². The van der Waals surface area contributed by atoms with Crippen LogP contribution in [0.3, 0.4) is 0 Å². The van der Waals surface area contributed by atoms with Crippen LogP contribution in [0.4, 0.5) is 5.69 Å². The standard InChI is InChI=1S/C24H22ClNO4/c1-28-19-9-7-15(8-10-19)24-20-14-22(30-3)21(29-2)11-16(20)12-23(27)26(24)18-6-4-5-17(25)13-18/h4-11,13-14,24H,12H2,1-3H3/t24-/m0/s1. The molecule has 3 aromatic rings. The van der Waals surface area contributed by atoms with E-state index in [9.17, 15) is 4.79 Å². The molecule has 0 unspecified atom stereocenters. The van der Waals surface area contributed by atoms with Gasteiger partial charge in [0.1, 0.15) is 5.75 Å². The number of methoxy groups -OCH3 is 3. The quantitative estimate of drug-likeness (QED) is 0.576. The van der Waals surface area contributed by atoms with E-state index in [1.807, 2.05) is 54.6 Å². The SMILES string of the molecule is COc1ccc([C@H]2c3cc(OC)c(OC)cc3CC(=O)N2c2cccc(Cl)c2)cc1. The molecular weight excluding hydrogens is 402 g/mol. The summed E-state index contributed by atoms with van der Waals surface area (Å²) in [6.45, 7) is 0. The minimum absolute atomic E-state index is 0.0159. The summed E-state index contributed by atoms with van der Waals surface area (Å²) in [7, 11) is 4.83. The summed E-state index contributed by atoms with van der Waals surface area (Å²) < 4.78 is 16.3. The van der Waals surface area contributed by atoms with Crippen molar-refractivity contribution in [3.63, 3.8) is 0 Å². The smallest absolute Gasteiger partial charge is 0.232 e. The van der Waals surface area contributed by atoms with Crippen molar-refractivity contribution in [2.24, 2.45) is 0 Å². The monoisotopic (exact) mass is 423 g/mol. The number of ether oxygens (including phenoxy) is 3. The van der Waals surface area contributed by atoms with E-state index in [4.69, 9.17) is 25.8 Å². The van der Waals surface area contributed by atoms with E-state index < -0.39 is 0 Å². The van der Waals surface area contributed by atoms with Crippen molar-refractivity contribution in [2.75, 3.05) is 26.2 Å². The molecule has 0 radical (unpaired) electrons. The third kappa shape index (κ3) is 3.57. The first-order valence-corrected chi connectivity index (χ1v) is 9.90. The molecule has 0 bridgehead atoms. The molecule has 5 nitrogen and oxygen atoms in total. The minimum Gasteiger partial charge on any atom is -0.497 e. The lowest BCUT2D eigenvalue weighted by Crippen LogP contribution is -2.41. The van der Waals surface area contributed by atoms with Crippen molar-refractivity contribution in [1.82, 2.24) is 0 Å². The fourth-order valence-electron chi connectivity index (χ4n) is 3.91. The number of rotatable bonds is 5. The molecular formula is C24H22ClNO4. The van der Waals surface area contributed by atoms with Gasteiger partial charge in [-0.15, -0.1) is 0 Å². The second-order valence-corrected chi connectivity index (χ2v) is 7.44. The van der Waals surface area contributed by atoms with E-state index in [0.29, 0.717) is 16.5 Å². The topological polar surface area (TPSA) is 48.0 Å². The van der Waals surface area contributed by atoms with Gasteiger partial charge >= 0.3 is 0 Å². The zero-order valence-electron chi connectivity index (χ0n) is 17.0. The van der Waals surface area contributed by atoms with Crippen LogP contribution in [0.25, 0.3) is 0 Å². The van der Waals surface area contributed by atoms with Crippen molar-refractivity contribution in [2.45, 2.75) is 12.5 Å². The molecule has 1 aliphatic heterocycles. The van der Waals surface area contributed by atoms with Gasteiger partial charge < -0.3 is 19.1 Å². The molecule has 0 spiro atoms. The van der Waals surface area contributed by atoms with E-state index in [1.54, 1.807) is 32.3 Å². The van der Waals surface area contributed by atoms with E-state index in [0.717, 1.165) is 28.1 Å². The maximum Gasteiger partial charge on any atom is 0.232 e. The average Bonchev–Trinajstić information content (AvgIpc) is 2.77. The summed E-state index contributed by atoms with van der Waals surface area (Å²) in [5.74, 6) is 1.96. The minimum atomic E-state index is -0.342. The molecule has 0 aliphatic carbocycles. The molecule has 0 saturated heterocycles. The number of halogens is 1. The second-order valence-electron chi connectivity index (χ2n) is 7.00. The Kier molecular flexibility index (Phi) is 5.55. The Morgan fingerprint density at radius 3 is 2.23 bits per heavy atom. The molecule has 1 atom stereocenters. The van der Waals surface area contributed by atoms with Crippen LogP contribution in [0.5, 0.6) is 17.2 Å². The number of carbonyl (C=O) groups is 1. The van der Waals surface area contributed by atoms with E-state index in [2.05, 4.69) is 0 Å². The van der Waals surface area contributed by atoms with Gasteiger partial charge in [-0.2, -0.15) is 0 Å². The van der Waals surface area contributed by atoms with Crippen LogP contribution in [-0.2, 0) is 11.2 Å². The van der Waals surface area contributed by atoms with Gasteiger partial charge in [-0.25, -0.2) is 0 Å². The second kappa shape index (κ2) is 8.28. The lowest BCUT2D eigenvalue weighted by atomic mass is 9.86. The molecule has 4 rings (SSSR count). The Balaban J connectivity index is 1.93. The first-order valence-electron chi connectivity index (χ1n) is 9.52. The Hall–Kier alpha value is -3.18. The summed E-state index contributed by atoms with van der Waals surface area (Å²) in [6, 6.07) is 18.6. The number of amides is 1. The molecule has 0 N–H and O–H groups in total. The van der Waals surface area contributed by atoms with Crippen molar-refractivity contribution in [3.05, 3.63) is 82.4 Å². The normalized spacial score (nSPS) is 15.5. The number of hydrogen-bond donors (Lipinski definition) is 0. The van der Waals surface area contributed by atoms with Crippen LogP contribution < -0.4 is 19.1 Å². The third-order valence-electron chi connectivity index (χ3n) is 5.33. The fraction of sp³-hybridized carbons (Fsp3) is 0.208. The van der Waals surface area contributed by atoms with Crippen LogP contribution in [0.15, 0.2) is 60.7 Å². The number of fused-ring (bicyclic) bond motifs is 1. The first-order chi connectivity index (χ1) is 14.5. The van der Waals surface area contributed by atoms with Crippen LogP contribution in [0.2, 0.25) is 5.02 Å². The number of anilines is 1.